The van der Waals surface area contributed by atoms with Crippen molar-refractivity contribution in [2.24, 2.45) is 0 Å². The van der Waals surface area contributed by atoms with Crippen molar-refractivity contribution in [2.75, 3.05) is 13.2 Å². The van der Waals surface area contributed by atoms with Gasteiger partial charge in [-0.2, -0.15) is 0 Å². The fourth-order valence-corrected chi connectivity index (χ4v) is 11.3. The highest BCUT2D eigenvalue weighted by Gasteiger charge is 2.20. The van der Waals surface area contributed by atoms with Crippen LogP contribution in [0.25, 0.3) is 0 Å². The summed E-state index contributed by atoms with van der Waals surface area (Å²) in [6, 6.07) is 0. The fourth-order valence-electron chi connectivity index (χ4n) is 11.3. The Labute approximate surface area is 512 Å². The van der Waals surface area contributed by atoms with Crippen LogP contribution < -0.4 is 0 Å². The van der Waals surface area contributed by atoms with Gasteiger partial charge in [-0.1, -0.05) is 353 Å². The zero-order valence-corrected chi connectivity index (χ0v) is 55.5. The standard InChI is InChI=1S/C76H142O6/c1-4-7-10-13-16-19-22-25-27-29-31-33-34-35-36-37-38-39-40-41-42-44-45-47-49-51-54-57-60-63-66-69-75(78)81-72-73(71-80-74(77)68-65-62-59-56-53-24-21-18-15-12-9-6-3)82-76(79)70-67-64-61-58-55-52-50-48-46-43-32-30-28-26-23-20-17-14-11-8-5-2/h22,25,29-32,73H,4-21,23-24,26-28,33-72H2,1-3H3/b25-22-,31-29-,32-30-. The Morgan fingerprint density at radius 2 is 0.439 bits per heavy atom. The van der Waals surface area contributed by atoms with Gasteiger partial charge in [-0.15, -0.1) is 0 Å². The van der Waals surface area contributed by atoms with Gasteiger partial charge >= 0.3 is 17.9 Å². The van der Waals surface area contributed by atoms with Crippen molar-refractivity contribution in [3.05, 3.63) is 36.5 Å². The maximum Gasteiger partial charge on any atom is 0.306 e. The summed E-state index contributed by atoms with van der Waals surface area (Å²) in [5, 5.41) is 0. The van der Waals surface area contributed by atoms with Crippen molar-refractivity contribution in [1.29, 1.82) is 0 Å². The van der Waals surface area contributed by atoms with Crippen LogP contribution in [0.4, 0.5) is 0 Å². The molecule has 0 radical (unpaired) electrons. The molecule has 0 saturated heterocycles. The second-order valence-corrected chi connectivity index (χ2v) is 25.2. The first kappa shape index (κ1) is 79.6. The molecule has 0 N–H and O–H groups in total. The molecule has 82 heavy (non-hydrogen) atoms. The molecular weight excluding hydrogens is 1010 g/mol. The third-order valence-corrected chi connectivity index (χ3v) is 16.9. The Morgan fingerprint density at radius 1 is 0.244 bits per heavy atom. The number of allylic oxidation sites excluding steroid dienone is 6. The Bertz CT molecular complexity index is 1370. The smallest absolute Gasteiger partial charge is 0.306 e. The summed E-state index contributed by atoms with van der Waals surface area (Å²) >= 11 is 0. The molecule has 0 fully saturated rings. The minimum atomic E-state index is -0.770. The Balaban J connectivity index is 4.14. The van der Waals surface area contributed by atoms with E-state index in [1.54, 1.807) is 0 Å². The quantitative estimate of drug-likeness (QED) is 0.0261. The summed E-state index contributed by atoms with van der Waals surface area (Å²) in [7, 11) is 0. The predicted molar refractivity (Wildman–Crippen MR) is 358 cm³/mol. The molecule has 6 heteroatoms. The third-order valence-electron chi connectivity index (χ3n) is 16.9. The number of esters is 3. The van der Waals surface area contributed by atoms with E-state index in [-0.39, 0.29) is 31.1 Å². The second-order valence-electron chi connectivity index (χ2n) is 25.2. The lowest BCUT2D eigenvalue weighted by Gasteiger charge is -2.18. The maximum atomic E-state index is 12.9. The molecule has 0 aromatic heterocycles. The molecule has 0 amide bonds. The third kappa shape index (κ3) is 68.4. The molecule has 6 nitrogen and oxygen atoms in total. The first-order valence-electron chi connectivity index (χ1n) is 37.0. The van der Waals surface area contributed by atoms with Gasteiger partial charge in [-0.3, -0.25) is 14.4 Å². The molecule has 0 rings (SSSR count). The van der Waals surface area contributed by atoms with Gasteiger partial charge in [0.1, 0.15) is 13.2 Å². The lowest BCUT2D eigenvalue weighted by atomic mass is 10.0. The van der Waals surface area contributed by atoms with Crippen molar-refractivity contribution in [1.82, 2.24) is 0 Å². The van der Waals surface area contributed by atoms with Gasteiger partial charge in [0.2, 0.25) is 0 Å². The van der Waals surface area contributed by atoms with Crippen LogP contribution in [0.5, 0.6) is 0 Å². The lowest BCUT2D eigenvalue weighted by Crippen LogP contribution is -2.30. The van der Waals surface area contributed by atoms with E-state index in [1.807, 2.05) is 0 Å². The number of ether oxygens (including phenoxy) is 3. The van der Waals surface area contributed by atoms with E-state index < -0.39 is 6.10 Å². The monoisotopic (exact) mass is 1150 g/mol. The van der Waals surface area contributed by atoms with Crippen LogP contribution in [-0.2, 0) is 28.6 Å². The van der Waals surface area contributed by atoms with E-state index in [0.717, 1.165) is 64.2 Å². The summed E-state index contributed by atoms with van der Waals surface area (Å²) in [5.74, 6) is -0.838. The molecule has 0 spiro atoms. The van der Waals surface area contributed by atoms with E-state index >= 15 is 0 Å². The lowest BCUT2D eigenvalue weighted by molar-refractivity contribution is -0.167. The predicted octanol–water partition coefficient (Wildman–Crippen LogP) is 25.5. The van der Waals surface area contributed by atoms with Gasteiger partial charge < -0.3 is 14.2 Å². The summed E-state index contributed by atoms with van der Waals surface area (Å²) < 4.78 is 17.0. The van der Waals surface area contributed by atoms with E-state index in [9.17, 15) is 14.4 Å². The first-order chi connectivity index (χ1) is 40.5. The highest BCUT2D eigenvalue weighted by Crippen LogP contribution is 2.19. The molecule has 0 aliphatic heterocycles. The average molecular weight is 1150 g/mol. The van der Waals surface area contributed by atoms with E-state index in [1.165, 1.54) is 308 Å². The van der Waals surface area contributed by atoms with Gasteiger partial charge in [0.05, 0.1) is 0 Å². The summed E-state index contributed by atoms with van der Waals surface area (Å²) in [5.41, 5.74) is 0. The summed E-state index contributed by atoms with van der Waals surface area (Å²) in [6.45, 7) is 6.70. The number of carbonyl (C=O) groups excluding carboxylic acids is 3. The number of carbonyl (C=O) groups is 3. The van der Waals surface area contributed by atoms with Gasteiger partial charge in [0.15, 0.2) is 6.10 Å². The highest BCUT2D eigenvalue weighted by molar-refractivity contribution is 5.71. The fraction of sp³-hybridized carbons (Fsp3) is 0.882. The molecular formula is C76H142O6. The van der Waals surface area contributed by atoms with Crippen LogP contribution in [0.2, 0.25) is 0 Å². The number of rotatable bonds is 69. The largest absolute Gasteiger partial charge is 0.462 e. The zero-order chi connectivity index (χ0) is 59.2. The number of unbranched alkanes of at least 4 members (excludes halogenated alkanes) is 52. The highest BCUT2D eigenvalue weighted by atomic mass is 16.6. The molecule has 0 aliphatic carbocycles. The average Bonchev–Trinajstić information content (AvgIpc) is 3.47. The number of hydrogen-bond acceptors (Lipinski definition) is 6. The van der Waals surface area contributed by atoms with Gasteiger partial charge in [-0.25, -0.2) is 0 Å². The van der Waals surface area contributed by atoms with Crippen LogP contribution in [0.15, 0.2) is 36.5 Å². The van der Waals surface area contributed by atoms with Crippen LogP contribution in [0.1, 0.15) is 412 Å². The van der Waals surface area contributed by atoms with Crippen LogP contribution in [0, 0.1) is 0 Å². The SMILES string of the molecule is CCCCCCC/C=C\C/C=C\CCCCCCCCCCCCCCCCCCCCCC(=O)OCC(COC(=O)CCCCCCCCCCCCCC)OC(=O)CCCCCCCCCCC/C=C\CCCCCCCCCC. The molecule has 0 aromatic rings. The first-order valence-corrected chi connectivity index (χ1v) is 37.0. The van der Waals surface area contributed by atoms with Crippen LogP contribution in [0.3, 0.4) is 0 Å². The van der Waals surface area contributed by atoms with Crippen molar-refractivity contribution in [2.45, 2.75) is 419 Å². The van der Waals surface area contributed by atoms with Crippen molar-refractivity contribution >= 4 is 17.9 Å². The van der Waals surface area contributed by atoms with E-state index in [2.05, 4.69) is 57.2 Å². The molecule has 0 aliphatic rings. The minimum Gasteiger partial charge on any atom is -0.462 e. The summed E-state index contributed by atoms with van der Waals surface area (Å²) in [4.78, 5) is 38.4. The molecule has 1 unspecified atom stereocenters. The van der Waals surface area contributed by atoms with Gasteiger partial charge in [0, 0.05) is 19.3 Å². The molecule has 0 saturated carbocycles. The normalized spacial score (nSPS) is 12.2. The van der Waals surface area contributed by atoms with Crippen molar-refractivity contribution in [3.63, 3.8) is 0 Å². The van der Waals surface area contributed by atoms with Crippen LogP contribution >= 0.6 is 0 Å². The Kier molecular flexibility index (Phi) is 69.1. The zero-order valence-electron chi connectivity index (χ0n) is 55.5. The Morgan fingerprint density at radius 3 is 0.683 bits per heavy atom. The van der Waals surface area contributed by atoms with Crippen molar-refractivity contribution in [3.8, 4) is 0 Å². The molecule has 1 atom stereocenters. The molecule has 482 valence electrons. The van der Waals surface area contributed by atoms with Crippen LogP contribution in [-0.4, -0.2) is 37.2 Å². The number of hydrogen-bond donors (Lipinski definition) is 0. The van der Waals surface area contributed by atoms with Gasteiger partial charge in [0.25, 0.3) is 0 Å². The molecule has 0 heterocycles. The molecule has 0 aromatic carbocycles. The minimum absolute atomic E-state index is 0.0665. The Hall–Kier alpha value is -2.37. The maximum absolute atomic E-state index is 12.9. The molecule has 0 bridgehead atoms. The van der Waals surface area contributed by atoms with Crippen molar-refractivity contribution < 1.29 is 28.6 Å². The van der Waals surface area contributed by atoms with E-state index in [0.29, 0.717) is 19.3 Å². The van der Waals surface area contributed by atoms with E-state index in [4.69, 9.17) is 14.2 Å². The van der Waals surface area contributed by atoms with Gasteiger partial charge in [-0.05, 0) is 77.0 Å². The summed E-state index contributed by atoms with van der Waals surface area (Å²) in [6.07, 6.45) is 89.1. The topological polar surface area (TPSA) is 78.9 Å². The second kappa shape index (κ2) is 71.1.